The summed E-state index contributed by atoms with van der Waals surface area (Å²) in [5.74, 6) is 1.35. The van der Waals surface area contributed by atoms with Crippen LogP contribution in [0.25, 0.3) is 0 Å². The lowest BCUT2D eigenvalue weighted by Crippen LogP contribution is -2.39. The number of nitrogens with one attached hydrogen (secondary N) is 1. The molecule has 24 heavy (non-hydrogen) atoms. The second-order valence-corrected chi connectivity index (χ2v) is 9.53. The molecule has 0 radical (unpaired) electrons. The molecule has 1 aromatic heterocycles. The molecule has 2 unspecified atom stereocenters. The first-order chi connectivity index (χ1) is 11.6. The lowest BCUT2D eigenvalue weighted by Gasteiger charge is -2.33. The highest BCUT2D eigenvalue weighted by molar-refractivity contribution is 7.90. The van der Waals surface area contributed by atoms with Crippen LogP contribution in [0.15, 0.2) is 24.5 Å². The predicted octanol–water partition coefficient (Wildman–Crippen LogP) is 2.41. The van der Waals surface area contributed by atoms with E-state index in [0.29, 0.717) is 24.3 Å². The second kappa shape index (κ2) is 6.64. The van der Waals surface area contributed by atoms with Crippen LogP contribution in [0.3, 0.4) is 0 Å². The van der Waals surface area contributed by atoms with Crippen molar-refractivity contribution in [2.75, 3.05) is 24.5 Å². The van der Waals surface area contributed by atoms with Crippen LogP contribution in [0.5, 0.6) is 0 Å². The molecule has 1 aliphatic heterocycles. The van der Waals surface area contributed by atoms with Gasteiger partial charge in [0.2, 0.25) is 10.0 Å². The van der Waals surface area contributed by atoms with Gasteiger partial charge in [0.15, 0.2) is 0 Å². The van der Waals surface area contributed by atoms with Crippen molar-refractivity contribution in [3.05, 3.63) is 24.5 Å². The largest absolute Gasteiger partial charge is 0.371 e. The van der Waals surface area contributed by atoms with E-state index in [2.05, 4.69) is 14.6 Å². The quantitative estimate of drug-likeness (QED) is 0.887. The molecule has 3 aliphatic rings. The molecule has 0 bridgehead atoms. The smallest absolute Gasteiger partial charge is 0.215 e. The molecule has 4 rings (SSSR count). The van der Waals surface area contributed by atoms with Gasteiger partial charge in [-0.05, 0) is 55.6 Å². The van der Waals surface area contributed by atoms with Gasteiger partial charge < -0.3 is 4.90 Å². The van der Waals surface area contributed by atoms with Gasteiger partial charge in [0.05, 0.1) is 5.25 Å². The first-order valence-corrected chi connectivity index (χ1v) is 10.8. The standard InChI is InChI=1S/C18H27N3O2S/c22-24(23,18-16-3-1-2-4-17(16)18)20-13-14-7-11-21(12-8-14)15-5-9-19-10-6-15/h5-6,9-10,14,16-18,20H,1-4,7-8,11-13H2. The minimum atomic E-state index is -3.11. The normalized spacial score (nSPS) is 30.8. The lowest BCUT2D eigenvalue weighted by molar-refractivity contribution is 0.401. The Hall–Kier alpha value is -1.14. The third kappa shape index (κ3) is 3.31. The van der Waals surface area contributed by atoms with Crippen molar-refractivity contribution in [2.24, 2.45) is 17.8 Å². The van der Waals surface area contributed by atoms with Gasteiger partial charge in [-0.15, -0.1) is 0 Å². The van der Waals surface area contributed by atoms with Gasteiger partial charge in [-0.3, -0.25) is 4.98 Å². The monoisotopic (exact) mass is 349 g/mol. The van der Waals surface area contributed by atoms with Gasteiger partial charge in [-0.2, -0.15) is 0 Å². The molecule has 2 aliphatic carbocycles. The summed E-state index contributed by atoms with van der Waals surface area (Å²) in [6.45, 7) is 2.60. The van der Waals surface area contributed by atoms with E-state index < -0.39 is 10.0 Å². The van der Waals surface area contributed by atoms with Crippen molar-refractivity contribution in [3.63, 3.8) is 0 Å². The summed E-state index contributed by atoms with van der Waals surface area (Å²) < 4.78 is 28.1. The first-order valence-electron chi connectivity index (χ1n) is 9.28. The van der Waals surface area contributed by atoms with Gasteiger partial charge in [0.25, 0.3) is 0 Å². The Labute approximate surface area is 144 Å². The summed E-state index contributed by atoms with van der Waals surface area (Å²) >= 11 is 0. The second-order valence-electron chi connectivity index (χ2n) is 7.61. The number of hydrogen-bond donors (Lipinski definition) is 1. The minimum absolute atomic E-state index is 0.0862. The molecule has 2 heterocycles. The molecule has 0 spiro atoms. The van der Waals surface area contributed by atoms with Crippen LogP contribution in [0, 0.1) is 17.8 Å². The average Bonchev–Trinajstić information content (AvgIpc) is 3.37. The van der Waals surface area contributed by atoms with Crippen LogP contribution in [-0.4, -0.2) is 38.3 Å². The minimum Gasteiger partial charge on any atom is -0.371 e. The van der Waals surface area contributed by atoms with E-state index in [9.17, 15) is 8.42 Å². The van der Waals surface area contributed by atoms with Gasteiger partial charge in [0.1, 0.15) is 0 Å². The maximum absolute atomic E-state index is 12.6. The fourth-order valence-corrected chi connectivity index (χ4v) is 6.83. The Balaban J connectivity index is 1.26. The molecule has 0 amide bonds. The molecule has 5 nitrogen and oxygen atoms in total. The Morgan fingerprint density at radius 1 is 1.04 bits per heavy atom. The highest BCUT2D eigenvalue weighted by Crippen LogP contribution is 2.53. The van der Waals surface area contributed by atoms with E-state index in [4.69, 9.17) is 0 Å². The molecular weight excluding hydrogens is 322 g/mol. The zero-order valence-electron chi connectivity index (χ0n) is 14.1. The summed E-state index contributed by atoms with van der Waals surface area (Å²) in [6, 6.07) is 4.08. The van der Waals surface area contributed by atoms with Crippen molar-refractivity contribution in [2.45, 2.75) is 43.8 Å². The number of aromatic nitrogens is 1. The third-order valence-electron chi connectivity index (χ3n) is 6.15. The van der Waals surface area contributed by atoms with Gasteiger partial charge in [-0.25, -0.2) is 13.1 Å². The number of anilines is 1. The molecule has 1 saturated heterocycles. The van der Waals surface area contributed by atoms with Crippen LogP contribution in [0.4, 0.5) is 5.69 Å². The van der Waals surface area contributed by atoms with Crippen molar-refractivity contribution in [3.8, 4) is 0 Å². The predicted molar refractivity (Wildman–Crippen MR) is 95.3 cm³/mol. The Morgan fingerprint density at radius 2 is 1.67 bits per heavy atom. The highest BCUT2D eigenvalue weighted by Gasteiger charge is 2.57. The van der Waals surface area contributed by atoms with Crippen molar-refractivity contribution < 1.29 is 8.42 Å². The number of nitrogens with zero attached hydrogens (tertiary/aromatic N) is 2. The van der Waals surface area contributed by atoms with E-state index in [1.807, 2.05) is 24.5 Å². The van der Waals surface area contributed by atoms with Crippen molar-refractivity contribution in [1.82, 2.24) is 9.71 Å². The fraction of sp³-hybridized carbons (Fsp3) is 0.722. The molecule has 0 aromatic carbocycles. The molecular formula is C18H27N3O2S. The van der Waals surface area contributed by atoms with E-state index in [-0.39, 0.29) is 5.25 Å². The van der Waals surface area contributed by atoms with E-state index in [1.54, 1.807) is 0 Å². The number of piperidine rings is 1. The van der Waals surface area contributed by atoms with Crippen molar-refractivity contribution in [1.29, 1.82) is 0 Å². The zero-order valence-corrected chi connectivity index (χ0v) is 14.9. The summed E-state index contributed by atoms with van der Waals surface area (Å²) in [4.78, 5) is 6.42. The average molecular weight is 350 g/mol. The lowest BCUT2D eigenvalue weighted by atomic mass is 9.97. The Kier molecular flexibility index (Phi) is 4.52. The van der Waals surface area contributed by atoms with Crippen LogP contribution in [-0.2, 0) is 10.0 Å². The first kappa shape index (κ1) is 16.3. The molecule has 1 aromatic rings. The Bertz CT molecular complexity index is 644. The number of sulfonamides is 1. The zero-order chi connectivity index (χ0) is 16.6. The third-order valence-corrected chi connectivity index (χ3v) is 8.14. The topological polar surface area (TPSA) is 62.3 Å². The maximum Gasteiger partial charge on any atom is 0.215 e. The summed E-state index contributed by atoms with van der Waals surface area (Å²) in [5.41, 5.74) is 1.21. The molecule has 1 N–H and O–H groups in total. The number of fused-ring (bicyclic) bond motifs is 1. The van der Waals surface area contributed by atoms with Crippen molar-refractivity contribution >= 4 is 15.7 Å². The van der Waals surface area contributed by atoms with E-state index in [0.717, 1.165) is 38.8 Å². The van der Waals surface area contributed by atoms with Crippen LogP contribution >= 0.6 is 0 Å². The molecule has 3 fully saturated rings. The van der Waals surface area contributed by atoms with Gasteiger partial charge >= 0.3 is 0 Å². The van der Waals surface area contributed by atoms with Crippen LogP contribution in [0.2, 0.25) is 0 Å². The van der Waals surface area contributed by atoms with Crippen LogP contribution in [0.1, 0.15) is 38.5 Å². The van der Waals surface area contributed by atoms with E-state index in [1.165, 1.54) is 18.5 Å². The maximum atomic E-state index is 12.6. The van der Waals surface area contributed by atoms with E-state index >= 15 is 0 Å². The highest BCUT2D eigenvalue weighted by atomic mass is 32.2. The summed E-state index contributed by atoms with van der Waals surface area (Å²) in [7, 11) is -3.11. The molecule has 2 saturated carbocycles. The van der Waals surface area contributed by atoms with Gasteiger partial charge in [-0.1, -0.05) is 12.8 Å². The number of hydrogen-bond acceptors (Lipinski definition) is 4. The van der Waals surface area contributed by atoms with Crippen LogP contribution < -0.4 is 9.62 Å². The SMILES string of the molecule is O=S(=O)(NCC1CCN(c2ccncc2)CC1)C1C2CCCCC21. The summed E-state index contributed by atoms with van der Waals surface area (Å²) in [6.07, 6.45) is 10.4. The molecule has 132 valence electrons. The van der Waals surface area contributed by atoms with Gasteiger partial charge in [0, 0.05) is 37.7 Å². The molecule has 6 heteroatoms. The Morgan fingerprint density at radius 3 is 2.29 bits per heavy atom. The fourth-order valence-electron chi connectivity index (χ4n) is 4.67. The number of rotatable bonds is 5. The number of pyridine rings is 1. The summed E-state index contributed by atoms with van der Waals surface area (Å²) in [5, 5.41) is -0.0862. The molecule has 2 atom stereocenters.